The second kappa shape index (κ2) is 3.50. The predicted octanol–water partition coefficient (Wildman–Crippen LogP) is 0.217. The van der Waals surface area contributed by atoms with Gasteiger partial charge in [-0.05, 0) is 18.5 Å². The van der Waals surface area contributed by atoms with E-state index in [9.17, 15) is 4.79 Å². The number of amides is 1. The summed E-state index contributed by atoms with van der Waals surface area (Å²) in [5.41, 5.74) is 0.604. The lowest BCUT2D eigenvalue weighted by Crippen LogP contribution is -2.12. The van der Waals surface area contributed by atoms with Gasteiger partial charge < -0.3 is 0 Å². The van der Waals surface area contributed by atoms with Crippen LogP contribution in [0.15, 0.2) is 6.33 Å². The predicted molar refractivity (Wildman–Crippen MR) is 49.0 cm³/mol. The van der Waals surface area contributed by atoms with Crippen molar-refractivity contribution in [1.82, 2.24) is 24.8 Å². The van der Waals surface area contributed by atoms with Gasteiger partial charge in [-0.2, -0.15) is 10.1 Å². The maximum Gasteiger partial charge on any atom is 0.271 e. The summed E-state index contributed by atoms with van der Waals surface area (Å²) >= 11 is 1.04. The molecule has 2 aromatic heterocycles. The highest BCUT2D eigenvalue weighted by atomic mass is 32.1. The summed E-state index contributed by atoms with van der Waals surface area (Å²) in [5, 5.41) is 12.4. The first-order valence-electron chi connectivity index (χ1n) is 3.73. The lowest BCUT2D eigenvalue weighted by atomic mass is 10.4. The SMILES string of the molecule is Cc1nnsc1C(=O)Nc1ncn[nH]1. The highest BCUT2D eigenvalue weighted by Gasteiger charge is 2.13. The van der Waals surface area contributed by atoms with Crippen LogP contribution in [0.3, 0.4) is 0 Å². The van der Waals surface area contributed by atoms with Crippen LogP contribution in [0.5, 0.6) is 0 Å². The van der Waals surface area contributed by atoms with Crippen LogP contribution >= 0.6 is 11.5 Å². The Morgan fingerprint density at radius 1 is 1.64 bits per heavy atom. The lowest BCUT2D eigenvalue weighted by molar-refractivity contribution is 0.102. The molecule has 0 spiro atoms. The van der Waals surface area contributed by atoms with E-state index in [1.807, 2.05) is 0 Å². The van der Waals surface area contributed by atoms with Gasteiger partial charge in [-0.3, -0.25) is 10.1 Å². The van der Waals surface area contributed by atoms with E-state index in [2.05, 4.69) is 30.1 Å². The fourth-order valence-corrected chi connectivity index (χ4v) is 1.42. The van der Waals surface area contributed by atoms with Crippen molar-refractivity contribution in [2.24, 2.45) is 0 Å². The molecule has 14 heavy (non-hydrogen) atoms. The van der Waals surface area contributed by atoms with Crippen LogP contribution in [-0.2, 0) is 0 Å². The Morgan fingerprint density at radius 2 is 2.50 bits per heavy atom. The summed E-state index contributed by atoms with van der Waals surface area (Å²) in [6.07, 6.45) is 1.31. The molecule has 0 aliphatic rings. The van der Waals surface area contributed by atoms with Crippen LogP contribution in [-0.4, -0.2) is 30.7 Å². The molecular weight excluding hydrogens is 204 g/mol. The molecule has 2 N–H and O–H groups in total. The molecule has 7 nitrogen and oxygen atoms in total. The number of anilines is 1. The Labute approximate surface area is 82.7 Å². The van der Waals surface area contributed by atoms with E-state index in [1.165, 1.54) is 6.33 Å². The number of aromatic amines is 1. The van der Waals surface area contributed by atoms with Gasteiger partial charge in [-0.25, -0.2) is 5.10 Å². The summed E-state index contributed by atoms with van der Waals surface area (Å²) in [4.78, 5) is 15.8. The second-order valence-electron chi connectivity index (χ2n) is 2.48. The summed E-state index contributed by atoms with van der Waals surface area (Å²) in [5.74, 6) is 0.0250. The standard InChI is InChI=1S/C6H6N6OS/c1-3-4(14-12-10-3)5(13)9-6-7-2-8-11-6/h2H,1H3,(H2,7,8,9,11,13). The van der Waals surface area contributed by atoms with Gasteiger partial charge >= 0.3 is 0 Å². The smallest absolute Gasteiger partial charge is 0.271 e. The van der Waals surface area contributed by atoms with Crippen molar-refractivity contribution in [3.63, 3.8) is 0 Å². The zero-order valence-corrected chi connectivity index (χ0v) is 8.00. The molecule has 0 aliphatic heterocycles. The van der Waals surface area contributed by atoms with Crippen LogP contribution in [0.2, 0.25) is 0 Å². The Morgan fingerprint density at radius 3 is 3.07 bits per heavy atom. The molecule has 0 fully saturated rings. The van der Waals surface area contributed by atoms with E-state index >= 15 is 0 Å². The van der Waals surface area contributed by atoms with Crippen molar-refractivity contribution >= 4 is 23.4 Å². The van der Waals surface area contributed by atoms with Gasteiger partial charge in [0.15, 0.2) is 0 Å². The molecule has 0 saturated carbocycles. The van der Waals surface area contributed by atoms with Crippen molar-refractivity contribution in [3.8, 4) is 0 Å². The first-order chi connectivity index (χ1) is 6.77. The number of aryl methyl sites for hydroxylation is 1. The number of aromatic nitrogens is 5. The van der Waals surface area contributed by atoms with E-state index in [0.29, 0.717) is 16.5 Å². The van der Waals surface area contributed by atoms with Crippen LogP contribution in [0.25, 0.3) is 0 Å². The monoisotopic (exact) mass is 210 g/mol. The van der Waals surface area contributed by atoms with Gasteiger partial charge in [-0.15, -0.1) is 5.10 Å². The number of H-pyrrole nitrogens is 1. The fraction of sp³-hybridized carbons (Fsp3) is 0.167. The zero-order valence-electron chi connectivity index (χ0n) is 7.18. The van der Waals surface area contributed by atoms with Crippen LogP contribution < -0.4 is 5.32 Å². The average molecular weight is 210 g/mol. The van der Waals surface area contributed by atoms with E-state index in [1.54, 1.807) is 6.92 Å². The van der Waals surface area contributed by atoms with Gasteiger partial charge in [-0.1, -0.05) is 4.49 Å². The summed E-state index contributed by atoms with van der Waals surface area (Å²) in [6.45, 7) is 1.72. The molecule has 0 aliphatic carbocycles. The number of hydrogen-bond acceptors (Lipinski definition) is 6. The Bertz CT molecular complexity index is 435. The first kappa shape index (κ1) is 8.75. The second-order valence-corrected chi connectivity index (χ2v) is 3.23. The van der Waals surface area contributed by atoms with Gasteiger partial charge in [0.05, 0.1) is 5.69 Å². The molecule has 0 saturated heterocycles. The maximum atomic E-state index is 11.5. The Balaban J connectivity index is 2.14. The summed E-state index contributed by atoms with van der Waals surface area (Å²) in [6, 6.07) is 0. The van der Waals surface area contributed by atoms with Crippen molar-refractivity contribution in [1.29, 1.82) is 0 Å². The number of rotatable bonds is 2. The number of carbonyl (C=O) groups is 1. The highest BCUT2D eigenvalue weighted by Crippen LogP contribution is 2.10. The van der Waals surface area contributed by atoms with Crippen molar-refractivity contribution in [2.75, 3.05) is 5.32 Å². The largest absolute Gasteiger partial charge is 0.290 e. The van der Waals surface area contributed by atoms with Crippen LogP contribution in [0.1, 0.15) is 15.4 Å². The molecule has 72 valence electrons. The van der Waals surface area contributed by atoms with Gasteiger partial charge in [0, 0.05) is 0 Å². The molecule has 8 heteroatoms. The maximum absolute atomic E-state index is 11.5. The minimum absolute atomic E-state index is 0.283. The highest BCUT2D eigenvalue weighted by molar-refractivity contribution is 7.08. The van der Waals surface area contributed by atoms with Crippen molar-refractivity contribution in [3.05, 3.63) is 16.9 Å². The molecular formula is C6H6N6OS. The molecule has 0 radical (unpaired) electrons. The van der Waals surface area contributed by atoms with Crippen LogP contribution in [0, 0.1) is 6.92 Å². The number of carbonyl (C=O) groups excluding carboxylic acids is 1. The third-order valence-electron chi connectivity index (χ3n) is 1.50. The van der Waals surface area contributed by atoms with E-state index < -0.39 is 0 Å². The van der Waals surface area contributed by atoms with Gasteiger partial charge in [0.1, 0.15) is 11.2 Å². The molecule has 0 aromatic carbocycles. The van der Waals surface area contributed by atoms with Crippen molar-refractivity contribution in [2.45, 2.75) is 6.92 Å². The van der Waals surface area contributed by atoms with Gasteiger partial charge in [0.25, 0.3) is 5.91 Å². The molecule has 0 unspecified atom stereocenters. The molecule has 2 heterocycles. The average Bonchev–Trinajstić information content (AvgIpc) is 2.75. The summed E-state index contributed by atoms with van der Waals surface area (Å²) < 4.78 is 3.66. The zero-order chi connectivity index (χ0) is 9.97. The number of hydrogen-bond donors (Lipinski definition) is 2. The third kappa shape index (κ3) is 1.59. The summed E-state index contributed by atoms with van der Waals surface area (Å²) in [7, 11) is 0. The quantitative estimate of drug-likeness (QED) is 0.738. The minimum atomic E-state index is -0.283. The number of nitrogens with zero attached hydrogens (tertiary/aromatic N) is 4. The fourth-order valence-electron chi connectivity index (χ4n) is 0.870. The first-order valence-corrected chi connectivity index (χ1v) is 4.50. The molecule has 1 amide bonds. The lowest BCUT2D eigenvalue weighted by Gasteiger charge is -1.97. The van der Waals surface area contributed by atoms with E-state index in [4.69, 9.17) is 0 Å². The Kier molecular flexibility index (Phi) is 2.19. The Hall–Kier alpha value is -1.83. The minimum Gasteiger partial charge on any atom is -0.290 e. The topological polar surface area (TPSA) is 96.5 Å². The van der Waals surface area contributed by atoms with Gasteiger partial charge in [0.2, 0.25) is 5.95 Å². The molecule has 0 atom stereocenters. The normalized spacial score (nSPS) is 10.1. The van der Waals surface area contributed by atoms with Crippen LogP contribution in [0.4, 0.5) is 5.95 Å². The van der Waals surface area contributed by atoms with E-state index in [0.717, 1.165) is 11.5 Å². The van der Waals surface area contributed by atoms with E-state index in [-0.39, 0.29) is 5.91 Å². The third-order valence-corrected chi connectivity index (χ3v) is 2.33. The number of nitrogens with one attached hydrogen (secondary N) is 2. The van der Waals surface area contributed by atoms with Crippen molar-refractivity contribution < 1.29 is 4.79 Å². The molecule has 2 rings (SSSR count). The molecule has 0 bridgehead atoms. The molecule has 2 aromatic rings.